The highest BCUT2D eigenvalue weighted by Gasteiger charge is 2.13. The van der Waals surface area contributed by atoms with Crippen LogP contribution in [-0.4, -0.2) is 37.8 Å². The summed E-state index contributed by atoms with van der Waals surface area (Å²) >= 11 is 0. The third-order valence-corrected chi connectivity index (χ3v) is 4.37. The highest BCUT2D eigenvalue weighted by molar-refractivity contribution is 5.66. The molecular weight excluding hydrogens is 368 g/mol. The molecule has 0 radical (unpaired) electrons. The molecule has 3 rings (SSSR count). The molecule has 0 atom stereocenters. The van der Waals surface area contributed by atoms with Crippen molar-refractivity contribution in [2.75, 3.05) is 38.5 Å². The predicted molar refractivity (Wildman–Crippen MR) is 115 cm³/mol. The van der Waals surface area contributed by atoms with Crippen LogP contribution in [0.15, 0.2) is 54.7 Å². The first kappa shape index (κ1) is 20.3. The fraction of sp³-hybridized carbons (Fsp3) is 0.273. The minimum Gasteiger partial charge on any atom is -0.493 e. The standard InChI is InChI=1S/C22H26N4O3/c1-27-18-14-17(15-19(28-2)21(18)29-3)25-22-24-13-11-20(26-22)23-12-7-10-16-8-5-4-6-9-16/h4-6,8-9,11,13-15H,7,10,12H2,1-3H3,(H2,23,24,25,26). The number of benzene rings is 2. The smallest absolute Gasteiger partial charge is 0.229 e. The third kappa shape index (κ3) is 5.51. The number of aromatic nitrogens is 2. The van der Waals surface area contributed by atoms with Crippen LogP contribution in [0, 0.1) is 0 Å². The quantitative estimate of drug-likeness (QED) is 0.497. The van der Waals surface area contributed by atoms with Crippen LogP contribution in [0.25, 0.3) is 0 Å². The Hall–Kier alpha value is -3.48. The largest absolute Gasteiger partial charge is 0.493 e. The number of anilines is 3. The summed E-state index contributed by atoms with van der Waals surface area (Å²) in [6, 6.07) is 15.9. The van der Waals surface area contributed by atoms with Gasteiger partial charge in [0.2, 0.25) is 11.7 Å². The molecule has 0 aliphatic rings. The lowest BCUT2D eigenvalue weighted by Crippen LogP contribution is -2.06. The van der Waals surface area contributed by atoms with E-state index in [9.17, 15) is 0 Å². The van der Waals surface area contributed by atoms with Gasteiger partial charge in [-0.25, -0.2) is 4.98 Å². The molecule has 7 heteroatoms. The number of ether oxygens (including phenoxy) is 3. The highest BCUT2D eigenvalue weighted by Crippen LogP contribution is 2.40. The molecule has 152 valence electrons. The molecule has 2 aromatic carbocycles. The topological polar surface area (TPSA) is 77.5 Å². The van der Waals surface area contributed by atoms with E-state index < -0.39 is 0 Å². The molecule has 0 fully saturated rings. The first-order chi connectivity index (χ1) is 14.2. The van der Waals surface area contributed by atoms with Crippen molar-refractivity contribution in [3.8, 4) is 17.2 Å². The van der Waals surface area contributed by atoms with Gasteiger partial charge >= 0.3 is 0 Å². The fourth-order valence-corrected chi connectivity index (χ4v) is 2.95. The van der Waals surface area contributed by atoms with Crippen LogP contribution < -0.4 is 24.8 Å². The van der Waals surface area contributed by atoms with Crippen molar-refractivity contribution in [2.45, 2.75) is 12.8 Å². The van der Waals surface area contributed by atoms with Gasteiger partial charge in [-0.15, -0.1) is 0 Å². The predicted octanol–water partition coefficient (Wildman–Crippen LogP) is 4.29. The summed E-state index contributed by atoms with van der Waals surface area (Å²) in [5.41, 5.74) is 2.07. The van der Waals surface area contributed by atoms with Crippen LogP contribution in [0.1, 0.15) is 12.0 Å². The Bertz CT molecular complexity index is 894. The van der Waals surface area contributed by atoms with Gasteiger partial charge in [0.15, 0.2) is 11.5 Å². The molecule has 0 aliphatic carbocycles. The number of rotatable bonds is 10. The summed E-state index contributed by atoms with van der Waals surface area (Å²) < 4.78 is 16.1. The van der Waals surface area contributed by atoms with Crippen LogP contribution >= 0.6 is 0 Å². The van der Waals surface area contributed by atoms with E-state index in [1.54, 1.807) is 27.5 Å². The Morgan fingerprint density at radius 3 is 2.28 bits per heavy atom. The van der Waals surface area contributed by atoms with E-state index in [2.05, 4.69) is 44.9 Å². The van der Waals surface area contributed by atoms with Crippen molar-refractivity contribution >= 4 is 17.5 Å². The molecule has 0 spiro atoms. The number of nitrogens with one attached hydrogen (secondary N) is 2. The molecule has 0 unspecified atom stereocenters. The van der Waals surface area contributed by atoms with Crippen LogP contribution in [-0.2, 0) is 6.42 Å². The summed E-state index contributed by atoms with van der Waals surface area (Å²) in [7, 11) is 4.73. The van der Waals surface area contributed by atoms with Gasteiger partial charge in [-0.2, -0.15) is 4.98 Å². The van der Waals surface area contributed by atoms with E-state index in [0.717, 1.165) is 30.9 Å². The molecule has 0 saturated heterocycles. The average Bonchev–Trinajstić information content (AvgIpc) is 2.77. The van der Waals surface area contributed by atoms with Gasteiger partial charge in [-0.05, 0) is 24.5 Å². The molecule has 0 bridgehead atoms. The lowest BCUT2D eigenvalue weighted by atomic mass is 10.1. The van der Waals surface area contributed by atoms with E-state index in [1.165, 1.54) is 5.56 Å². The number of nitrogens with zero attached hydrogens (tertiary/aromatic N) is 2. The minimum absolute atomic E-state index is 0.479. The van der Waals surface area contributed by atoms with Crippen LogP contribution in [0.2, 0.25) is 0 Å². The molecular formula is C22H26N4O3. The zero-order valence-electron chi connectivity index (χ0n) is 16.9. The Balaban J connectivity index is 1.62. The molecule has 3 aromatic rings. The minimum atomic E-state index is 0.479. The van der Waals surface area contributed by atoms with Crippen molar-refractivity contribution in [3.63, 3.8) is 0 Å². The van der Waals surface area contributed by atoms with Crippen molar-refractivity contribution in [2.24, 2.45) is 0 Å². The Morgan fingerprint density at radius 1 is 0.897 bits per heavy atom. The zero-order valence-corrected chi connectivity index (χ0v) is 16.9. The van der Waals surface area contributed by atoms with Crippen LogP contribution in [0.4, 0.5) is 17.5 Å². The average molecular weight is 394 g/mol. The van der Waals surface area contributed by atoms with E-state index in [1.807, 2.05) is 24.3 Å². The van der Waals surface area contributed by atoms with Gasteiger partial charge in [-0.1, -0.05) is 30.3 Å². The summed E-state index contributed by atoms with van der Waals surface area (Å²) in [5.74, 6) is 2.90. The lowest BCUT2D eigenvalue weighted by molar-refractivity contribution is 0.324. The van der Waals surface area contributed by atoms with Crippen LogP contribution in [0.3, 0.4) is 0 Å². The molecule has 2 N–H and O–H groups in total. The number of methoxy groups -OCH3 is 3. The van der Waals surface area contributed by atoms with Crippen molar-refractivity contribution in [3.05, 3.63) is 60.3 Å². The van der Waals surface area contributed by atoms with E-state index in [4.69, 9.17) is 14.2 Å². The van der Waals surface area contributed by atoms with Gasteiger partial charge in [0.1, 0.15) is 5.82 Å². The summed E-state index contributed by atoms with van der Waals surface area (Å²) in [4.78, 5) is 8.81. The second-order valence-electron chi connectivity index (χ2n) is 6.32. The maximum Gasteiger partial charge on any atom is 0.229 e. The van der Waals surface area contributed by atoms with Gasteiger partial charge in [-0.3, -0.25) is 0 Å². The van der Waals surface area contributed by atoms with Crippen molar-refractivity contribution in [1.82, 2.24) is 9.97 Å². The van der Waals surface area contributed by atoms with Crippen molar-refractivity contribution in [1.29, 1.82) is 0 Å². The van der Waals surface area contributed by atoms with E-state index in [0.29, 0.717) is 23.2 Å². The van der Waals surface area contributed by atoms with Gasteiger partial charge in [0.25, 0.3) is 0 Å². The maximum atomic E-state index is 5.38. The van der Waals surface area contributed by atoms with E-state index >= 15 is 0 Å². The second-order valence-corrected chi connectivity index (χ2v) is 6.32. The number of hydrogen-bond donors (Lipinski definition) is 2. The molecule has 0 saturated carbocycles. The zero-order chi connectivity index (χ0) is 20.5. The van der Waals surface area contributed by atoms with Gasteiger partial charge in [0, 0.05) is 30.6 Å². The molecule has 29 heavy (non-hydrogen) atoms. The fourth-order valence-electron chi connectivity index (χ4n) is 2.95. The Morgan fingerprint density at radius 2 is 1.62 bits per heavy atom. The maximum absolute atomic E-state index is 5.38. The third-order valence-electron chi connectivity index (χ3n) is 4.37. The van der Waals surface area contributed by atoms with E-state index in [-0.39, 0.29) is 0 Å². The normalized spacial score (nSPS) is 10.3. The SMILES string of the molecule is COc1cc(Nc2nccc(NCCCc3ccccc3)n2)cc(OC)c1OC. The summed E-state index contributed by atoms with van der Waals surface area (Å²) in [5, 5.41) is 6.53. The molecule has 7 nitrogen and oxygen atoms in total. The number of aryl methyl sites for hydroxylation is 1. The number of hydrogen-bond acceptors (Lipinski definition) is 7. The monoisotopic (exact) mass is 394 g/mol. The lowest BCUT2D eigenvalue weighted by Gasteiger charge is -2.15. The first-order valence-corrected chi connectivity index (χ1v) is 9.41. The molecule has 1 aromatic heterocycles. The Kier molecular flexibility index (Phi) is 7.10. The Labute approximate surface area is 171 Å². The van der Waals surface area contributed by atoms with Crippen LogP contribution in [0.5, 0.6) is 17.2 Å². The van der Waals surface area contributed by atoms with Gasteiger partial charge < -0.3 is 24.8 Å². The first-order valence-electron chi connectivity index (χ1n) is 9.41. The van der Waals surface area contributed by atoms with Gasteiger partial charge in [0.05, 0.1) is 21.3 Å². The summed E-state index contributed by atoms with van der Waals surface area (Å²) in [6.45, 7) is 0.829. The molecule has 1 heterocycles. The summed E-state index contributed by atoms with van der Waals surface area (Å²) in [6.07, 6.45) is 3.76. The highest BCUT2D eigenvalue weighted by atomic mass is 16.5. The second kappa shape index (κ2) is 10.2. The molecule has 0 aliphatic heterocycles. The molecule has 0 amide bonds. The van der Waals surface area contributed by atoms with Crippen molar-refractivity contribution < 1.29 is 14.2 Å².